The highest BCUT2D eigenvalue weighted by Gasteiger charge is 2.12. The van der Waals surface area contributed by atoms with E-state index in [0.29, 0.717) is 17.0 Å². The zero-order chi connectivity index (χ0) is 15.3. The van der Waals surface area contributed by atoms with Crippen LogP contribution in [0.1, 0.15) is 16.2 Å². The van der Waals surface area contributed by atoms with Crippen LogP contribution in [0.15, 0.2) is 30.3 Å². The monoisotopic (exact) mass is 291 g/mol. The number of nitrogens with two attached hydrogens (primary N) is 1. The van der Waals surface area contributed by atoms with Crippen LogP contribution in [0.25, 0.3) is 33.3 Å². The van der Waals surface area contributed by atoms with E-state index in [4.69, 9.17) is 5.73 Å². The van der Waals surface area contributed by atoms with Crippen LogP contribution in [-0.4, -0.2) is 26.2 Å². The van der Waals surface area contributed by atoms with Gasteiger partial charge in [-0.05, 0) is 25.1 Å². The van der Waals surface area contributed by atoms with Gasteiger partial charge in [0.05, 0.1) is 5.52 Å². The molecule has 3 heterocycles. The average molecular weight is 291 g/mol. The Kier molecular flexibility index (Phi) is 2.53. The van der Waals surface area contributed by atoms with E-state index in [0.717, 1.165) is 39.8 Å². The number of aromatic amines is 2. The maximum Gasteiger partial charge on any atom is 0.180 e. The van der Waals surface area contributed by atoms with Gasteiger partial charge in [-0.2, -0.15) is 0 Å². The molecule has 22 heavy (non-hydrogen) atoms. The van der Waals surface area contributed by atoms with E-state index < -0.39 is 0 Å². The molecule has 4 N–H and O–H groups in total. The van der Waals surface area contributed by atoms with Crippen molar-refractivity contribution in [3.8, 4) is 11.3 Å². The van der Waals surface area contributed by atoms with Gasteiger partial charge < -0.3 is 15.7 Å². The maximum atomic E-state index is 10.9. The van der Waals surface area contributed by atoms with E-state index in [1.807, 2.05) is 31.2 Å². The normalized spacial score (nSPS) is 11.3. The molecule has 108 valence electrons. The van der Waals surface area contributed by atoms with E-state index in [1.54, 1.807) is 6.07 Å². The molecule has 0 radical (unpaired) electrons. The lowest BCUT2D eigenvalue weighted by Gasteiger charge is -2.01. The lowest BCUT2D eigenvalue weighted by molar-refractivity contribution is 0.112. The van der Waals surface area contributed by atoms with Crippen molar-refractivity contribution < 1.29 is 4.79 Å². The Balaban J connectivity index is 2.00. The fraction of sp³-hybridized carbons (Fsp3) is 0.0625. The summed E-state index contributed by atoms with van der Waals surface area (Å²) < 4.78 is 0. The Morgan fingerprint density at radius 2 is 2.00 bits per heavy atom. The predicted molar refractivity (Wildman–Crippen MR) is 85.7 cm³/mol. The van der Waals surface area contributed by atoms with Gasteiger partial charge in [0.25, 0.3) is 0 Å². The van der Waals surface area contributed by atoms with Crippen molar-refractivity contribution >= 4 is 34.2 Å². The number of aryl methyl sites for hydroxylation is 1. The Bertz CT molecular complexity index is 1030. The van der Waals surface area contributed by atoms with Gasteiger partial charge in [0.15, 0.2) is 5.65 Å². The largest absolute Gasteiger partial charge is 0.384 e. The number of pyridine rings is 1. The van der Waals surface area contributed by atoms with Gasteiger partial charge in [-0.1, -0.05) is 12.1 Å². The van der Waals surface area contributed by atoms with Gasteiger partial charge in [0.1, 0.15) is 17.9 Å². The van der Waals surface area contributed by atoms with Crippen LogP contribution in [0.2, 0.25) is 0 Å². The van der Waals surface area contributed by atoms with E-state index >= 15 is 0 Å². The number of nitrogen functional groups attached to an aromatic ring is 1. The molecule has 1 aromatic carbocycles. The molecular weight excluding hydrogens is 278 g/mol. The van der Waals surface area contributed by atoms with Crippen LogP contribution in [0.3, 0.4) is 0 Å². The number of nitrogens with zero attached hydrogens (tertiary/aromatic N) is 2. The molecule has 0 bridgehead atoms. The number of carbonyl (C=O) groups excluding carboxylic acids is 1. The van der Waals surface area contributed by atoms with Crippen molar-refractivity contribution in [3.63, 3.8) is 0 Å². The summed E-state index contributed by atoms with van der Waals surface area (Å²) in [6, 6.07) is 9.37. The molecule has 0 spiro atoms. The first kappa shape index (κ1) is 12.6. The maximum absolute atomic E-state index is 10.9. The number of imidazole rings is 1. The second-order valence-corrected chi connectivity index (χ2v) is 5.26. The molecule has 3 aromatic heterocycles. The van der Waals surface area contributed by atoms with Crippen molar-refractivity contribution in [2.24, 2.45) is 0 Å². The van der Waals surface area contributed by atoms with Crippen LogP contribution in [0.4, 0.5) is 5.82 Å². The zero-order valence-electron chi connectivity index (χ0n) is 11.8. The molecule has 6 heteroatoms. The molecule has 0 unspecified atom stereocenters. The second-order valence-electron chi connectivity index (χ2n) is 5.26. The van der Waals surface area contributed by atoms with E-state index in [-0.39, 0.29) is 0 Å². The fourth-order valence-electron chi connectivity index (χ4n) is 2.70. The SMILES string of the molecule is Cc1nc2nc(N)cc(-c3cc4ccc(C=O)cc4[nH]3)c2[nH]1. The fourth-order valence-corrected chi connectivity index (χ4v) is 2.70. The van der Waals surface area contributed by atoms with Crippen molar-refractivity contribution in [3.05, 3.63) is 41.7 Å². The number of carbonyl (C=O) groups is 1. The standard InChI is InChI=1S/C16H13N5O/c1-8-18-15-11(6-14(17)21-16(15)19-8)13-5-10-3-2-9(7-22)4-12(10)20-13/h2-7,20H,1H3,(H3,17,18,19,21). The highest BCUT2D eigenvalue weighted by Crippen LogP contribution is 2.30. The van der Waals surface area contributed by atoms with E-state index in [1.165, 1.54) is 0 Å². The predicted octanol–water partition coefficient (Wildman–Crippen LogP) is 2.81. The van der Waals surface area contributed by atoms with Crippen LogP contribution in [-0.2, 0) is 0 Å². The summed E-state index contributed by atoms with van der Waals surface area (Å²) in [5.41, 5.74) is 10.7. The lowest BCUT2D eigenvalue weighted by atomic mass is 10.1. The van der Waals surface area contributed by atoms with Gasteiger partial charge >= 0.3 is 0 Å². The number of hydrogen-bond donors (Lipinski definition) is 3. The van der Waals surface area contributed by atoms with Crippen molar-refractivity contribution in [1.29, 1.82) is 0 Å². The smallest absolute Gasteiger partial charge is 0.180 e. The Labute approximate surface area is 125 Å². The Morgan fingerprint density at radius 1 is 1.14 bits per heavy atom. The van der Waals surface area contributed by atoms with Crippen LogP contribution < -0.4 is 5.73 Å². The summed E-state index contributed by atoms with van der Waals surface area (Å²) in [7, 11) is 0. The molecule has 0 fully saturated rings. The minimum absolute atomic E-state index is 0.418. The molecule has 0 aliphatic carbocycles. The van der Waals surface area contributed by atoms with E-state index in [2.05, 4.69) is 19.9 Å². The van der Waals surface area contributed by atoms with Gasteiger partial charge in [-0.15, -0.1) is 0 Å². The molecule has 4 aromatic rings. The number of fused-ring (bicyclic) bond motifs is 2. The molecule has 0 atom stereocenters. The summed E-state index contributed by atoms with van der Waals surface area (Å²) in [4.78, 5) is 26.0. The molecule has 0 saturated heterocycles. The highest BCUT2D eigenvalue weighted by molar-refractivity contribution is 5.96. The number of nitrogens with one attached hydrogen (secondary N) is 2. The summed E-state index contributed by atoms with van der Waals surface area (Å²) in [6.07, 6.45) is 0.834. The quantitative estimate of drug-likeness (QED) is 0.494. The number of aromatic nitrogens is 4. The first-order valence-corrected chi connectivity index (χ1v) is 6.85. The van der Waals surface area contributed by atoms with E-state index in [9.17, 15) is 4.79 Å². The molecule has 0 aliphatic heterocycles. The van der Waals surface area contributed by atoms with Gasteiger partial charge in [-0.3, -0.25) is 4.79 Å². The van der Waals surface area contributed by atoms with Gasteiger partial charge in [0, 0.05) is 27.7 Å². The lowest BCUT2D eigenvalue weighted by Crippen LogP contribution is -1.92. The van der Waals surface area contributed by atoms with Crippen LogP contribution in [0, 0.1) is 6.92 Å². The number of hydrogen-bond acceptors (Lipinski definition) is 4. The zero-order valence-corrected chi connectivity index (χ0v) is 11.8. The molecule has 6 nitrogen and oxygen atoms in total. The van der Waals surface area contributed by atoms with Gasteiger partial charge in [0.2, 0.25) is 0 Å². The molecule has 0 saturated carbocycles. The average Bonchev–Trinajstić information content (AvgIpc) is 3.07. The van der Waals surface area contributed by atoms with Crippen molar-refractivity contribution in [1.82, 2.24) is 19.9 Å². The Hall–Kier alpha value is -3.15. The number of rotatable bonds is 2. The molecule has 4 rings (SSSR count). The summed E-state index contributed by atoms with van der Waals surface area (Å²) >= 11 is 0. The topological polar surface area (TPSA) is 100 Å². The molecule has 0 amide bonds. The minimum atomic E-state index is 0.418. The first-order chi connectivity index (χ1) is 10.6. The highest BCUT2D eigenvalue weighted by atomic mass is 16.1. The third-order valence-corrected chi connectivity index (χ3v) is 3.67. The van der Waals surface area contributed by atoms with Gasteiger partial charge in [-0.25, -0.2) is 9.97 Å². The number of H-pyrrole nitrogens is 2. The number of benzene rings is 1. The molecule has 0 aliphatic rings. The minimum Gasteiger partial charge on any atom is -0.384 e. The number of anilines is 1. The summed E-state index contributed by atoms with van der Waals surface area (Å²) in [5.74, 6) is 1.20. The van der Waals surface area contributed by atoms with Crippen molar-refractivity contribution in [2.75, 3.05) is 5.73 Å². The number of aldehydes is 1. The third kappa shape index (κ3) is 1.85. The van der Waals surface area contributed by atoms with Crippen molar-refractivity contribution in [2.45, 2.75) is 6.92 Å². The third-order valence-electron chi connectivity index (χ3n) is 3.67. The molecular formula is C16H13N5O. The second kappa shape index (κ2) is 4.42. The van der Waals surface area contributed by atoms with Crippen LogP contribution >= 0.6 is 0 Å². The summed E-state index contributed by atoms with van der Waals surface area (Å²) in [6.45, 7) is 1.88. The first-order valence-electron chi connectivity index (χ1n) is 6.85. The Morgan fingerprint density at radius 3 is 2.82 bits per heavy atom. The summed E-state index contributed by atoms with van der Waals surface area (Å²) in [5, 5.41) is 1.03. The van der Waals surface area contributed by atoms with Crippen LogP contribution in [0.5, 0.6) is 0 Å².